The Bertz CT molecular complexity index is 428. The zero-order valence-electron chi connectivity index (χ0n) is 12.9. The van der Waals surface area contributed by atoms with Gasteiger partial charge in [0.1, 0.15) is 0 Å². The normalized spacial score (nSPS) is 17.9. The van der Waals surface area contributed by atoms with E-state index in [4.69, 9.17) is 0 Å². The number of piperidine rings is 1. The summed E-state index contributed by atoms with van der Waals surface area (Å²) in [5.41, 5.74) is 1.14. The monoisotopic (exact) mass is 274 g/mol. The number of hydrogen-bond donors (Lipinski definition) is 1. The standard InChI is InChI=1S/C17H26N2O/c1-17(2,3)19-11-9-14(10-12-19)13-16(20)18-15-7-5-4-6-8-15/h4-8,14H,9-13H2,1-3H3,(H,18,20). The minimum atomic E-state index is 0.144. The van der Waals surface area contributed by atoms with Crippen molar-refractivity contribution in [1.82, 2.24) is 4.90 Å². The molecule has 110 valence electrons. The Labute approximate surface area is 122 Å². The van der Waals surface area contributed by atoms with Crippen LogP contribution in [0.2, 0.25) is 0 Å². The van der Waals surface area contributed by atoms with Crippen molar-refractivity contribution in [2.75, 3.05) is 18.4 Å². The SMILES string of the molecule is CC(C)(C)N1CCC(CC(=O)Nc2ccccc2)CC1. The maximum atomic E-state index is 12.0. The van der Waals surface area contributed by atoms with Gasteiger partial charge in [-0.1, -0.05) is 18.2 Å². The molecule has 20 heavy (non-hydrogen) atoms. The highest BCUT2D eigenvalue weighted by Crippen LogP contribution is 2.26. The van der Waals surface area contributed by atoms with Crippen LogP contribution in [0.3, 0.4) is 0 Å². The topological polar surface area (TPSA) is 32.3 Å². The lowest BCUT2D eigenvalue weighted by atomic mass is 9.90. The Morgan fingerprint density at radius 2 is 1.80 bits per heavy atom. The number of nitrogens with one attached hydrogen (secondary N) is 1. The summed E-state index contributed by atoms with van der Waals surface area (Å²) in [4.78, 5) is 14.5. The predicted octanol–water partition coefficient (Wildman–Crippen LogP) is 3.53. The number of anilines is 1. The number of carbonyl (C=O) groups is 1. The molecule has 0 unspecified atom stereocenters. The first-order valence-corrected chi connectivity index (χ1v) is 7.55. The van der Waals surface area contributed by atoms with Crippen LogP contribution in [0.1, 0.15) is 40.0 Å². The summed E-state index contributed by atoms with van der Waals surface area (Å²) >= 11 is 0. The molecule has 1 aliphatic rings. The molecule has 3 nitrogen and oxygen atoms in total. The van der Waals surface area contributed by atoms with E-state index in [0.717, 1.165) is 31.6 Å². The van der Waals surface area contributed by atoms with Crippen molar-refractivity contribution in [3.05, 3.63) is 30.3 Å². The first-order valence-electron chi connectivity index (χ1n) is 7.55. The minimum absolute atomic E-state index is 0.144. The van der Waals surface area contributed by atoms with E-state index >= 15 is 0 Å². The number of rotatable bonds is 3. The summed E-state index contributed by atoms with van der Waals surface area (Å²) in [7, 11) is 0. The van der Waals surface area contributed by atoms with Gasteiger partial charge in [-0.3, -0.25) is 9.69 Å². The van der Waals surface area contributed by atoms with Crippen LogP contribution in [0.4, 0.5) is 5.69 Å². The van der Waals surface area contributed by atoms with Crippen LogP contribution in [0.25, 0.3) is 0 Å². The first-order chi connectivity index (χ1) is 9.45. The zero-order valence-corrected chi connectivity index (χ0v) is 12.9. The van der Waals surface area contributed by atoms with Gasteiger partial charge in [0.15, 0.2) is 0 Å². The molecular formula is C17H26N2O. The molecule has 0 atom stereocenters. The van der Waals surface area contributed by atoms with E-state index in [1.807, 2.05) is 30.3 Å². The van der Waals surface area contributed by atoms with E-state index < -0.39 is 0 Å². The van der Waals surface area contributed by atoms with Crippen LogP contribution in [0.15, 0.2) is 30.3 Å². The molecule has 1 aromatic rings. The highest BCUT2D eigenvalue weighted by Gasteiger charge is 2.27. The second-order valence-electron chi connectivity index (χ2n) is 6.72. The number of carbonyl (C=O) groups excluding carboxylic acids is 1. The van der Waals surface area contributed by atoms with Crippen molar-refractivity contribution >= 4 is 11.6 Å². The van der Waals surface area contributed by atoms with E-state index in [2.05, 4.69) is 31.0 Å². The van der Waals surface area contributed by atoms with Crippen LogP contribution in [-0.2, 0) is 4.79 Å². The molecule has 1 fully saturated rings. The Hall–Kier alpha value is -1.35. The van der Waals surface area contributed by atoms with Crippen LogP contribution in [0.5, 0.6) is 0 Å². The van der Waals surface area contributed by atoms with Gasteiger partial charge >= 0.3 is 0 Å². The molecule has 0 aromatic heterocycles. The van der Waals surface area contributed by atoms with Gasteiger partial charge in [0.05, 0.1) is 0 Å². The molecule has 1 aliphatic heterocycles. The summed E-state index contributed by atoms with van der Waals surface area (Å²) < 4.78 is 0. The Morgan fingerprint density at radius 3 is 2.35 bits per heavy atom. The minimum Gasteiger partial charge on any atom is -0.326 e. The summed E-state index contributed by atoms with van der Waals surface area (Å²) in [6, 6.07) is 9.70. The maximum Gasteiger partial charge on any atom is 0.224 e. The molecule has 2 rings (SSSR count). The summed E-state index contributed by atoms with van der Waals surface area (Å²) in [6.45, 7) is 8.99. The van der Waals surface area contributed by atoms with E-state index in [1.54, 1.807) is 0 Å². The molecule has 0 bridgehead atoms. The van der Waals surface area contributed by atoms with Crippen LogP contribution in [-0.4, -0.2) is 29.4 Å². The quantitative estimate of drug-likeness (QED) is 0.914. The molecule has 0 saturated carbocycles. The van der Waals surface area contributed by atoms with Gasteiger partial charge in [-0.15, -0.1) is 0 Å². The molecule has 0 spiro atoms. The predicted molar refractivity (Wildman–Crippen MR) is 83.7 cm³/mol. The average Bonchev–Trinajstić information content (AvgIpc) is 2.39. The third-order valence-corrected chi connectivity index (χ3v) is 4.09. The van der Waals surface area contributed by atoms with Gasteiger partial charge in [0.25, 0.3) is 0 Å². The largest absolute Gasteiger partial charge is 0.326 e. The Kier molecular flexibility index (Phi) is 4.81. The second-order valence-corrected chi connectivity index (χ2v) is 6.72. The molecule has 3 heteroatoms. The van der Waals surface area contributed by atoms with Crippen LogP contribution >= 0.6 is 0 Å². The Balaban J connectivity index is 1.77. The number of likely N-dealkylation sites (tertiary alicyclic amines) is 1. The van der Waals surface area contributed by atoms with E-state index in [1.165, 1.54) is 0 Å². The van der Waals surface area contributed by atoms with Crippen molar-refractivity contribution in [3.63, 3.8) is 0 Å². The fourth-order valence-electron chi connectivity index (χ4n) is 2.80. The second kappa shape index (κ2) is 6.40. The molecule has 1 amide bonds. The molecule has 0 radical (unpaired) electrons. The van der Waals surface area contributed by atoms with Crippen LogP contribution < -0.4 is 5.32 Å². The summed E-state index contributed by atoms with van der Waals surface area (Å²) in [6.07, 6.45) is 2.89. The highest BCUT2D eigenvalue weighted by atomic mass is 16.1. The van der Waals surface area contributed by atoms with Crippen molar-refractivity contribution in [2.24, 2.45) is 5.92 Å². The Morgan fingerprint density at radius 1 is 1.20 bits per heavy atom. The molecule has 1 saturated heterocycles. The van der Waals surface area contributed by atoms with Crippen molar-refractivity contribution < 1.29 is 4.79 Å². The van der Waals surface area contributed by atoms with E-state index in [9.17, 15) is 4.79 Å². The lowest BCUT2D eigenvalue weighted by molar-refractivity contribution is -0.117. The number of nitrogens with zero attached hydrogens (tertiary/aromatic N) is 1. The fraction of sp³-hybridized carbons (Fsp3) is 0.588. The van der Waals surface area contributed by atoms with Gasteiger partial charge in [-0.25, -0.2) is 0 Å². The first kappa shape index (κ1) is 15.0. The highest BCUT2D eigenvalue weighted by molar-refractivity contribution is 5.90. The van der Waals surface area contributed by atoms with E-state index in [0.29, 0.717) is 12.3 Å². The third kappa shape index (κ3) is 4.34. The van der Waals surface area contributed by atoms with Gasteiger partial charge < -0.3 is 5.32 Å². The number of benzene rings is 1. The molecule has 0 aliphatic carbocycles. The van der Waals surface area contributed by atoms with Gasteiger partial charge in [0, 0.05) is 17.6 Å². The fourth-order valence-corrected chi connectivity index (χ4v) is 2.80. The van der Waals surface area contributed by atoms with Crippen LogP contribution in [0, 0.1) is 5.92 Å². The van der Waals surface area contributed by atoms with Gasteiger partial charge in [0.2, 0.25) is 5.91 Å². The molecule has 1 N–H and O–H groups in total. The van der Waals surface area contributed by atoms with Crippen molar-refractivity contribution in [3.8, 4) is 0 Å². The molecule has 1 heterocycles. The lowest BCUT2D eigenvalue weighted by Gasteiger charge is -2.40. The molecular weight excluding hydrogens is 248 g/mol. The number of para-hydroxylation sites is 1. The lowest BCUT2D eigenvalue weighted by Crippen LogP contribution is -2.46. The summed E-state index contributed by atoms with van der Waals surface area (Å²) in [5, 5.41) is 2.98. The third-order valence-electron chi connectivity index (χ3n) is 4.09. The molecule has 1 aromatic carbocycles. The zero-order chi connectivity index (χ0) is 14.6. The van der Waals surface area contributed by atoms with Crippen molar-refractivity contribution in [2.45, 2.75) is 45.6 Å². The average molecular weight is 274 g/mol. The maximum absolute atomic E-state index is 12.0. The number of hydrogen-bond acceptors (Lipinski definition) is 2. The van der Waals surface area contributed by atoms with Crippen molar-refractivity contribution in [1.29, 1.82) is 0 Å². The van der Waals surface area contributed by atoms with Gasteiger partial charge in [-0.05, 0) is 64.8 Å². The van der Waals surface area contributed by atoms with E-state index in [-0.39, 0.29) is 11.4 Å². The van der Waals surface area contributed by atoms with Gasteiger partial charge in [-0.2, -0.15) is 0 Å². The number of amides is 1. The summed E-state index contributed by atoms with van der Waals surface area (Å²) in [5.74, 6) is 0.669. The smallest absolute Gasteiger partial charge is 0.224 e.